The zero-order valence-corrected chi connectivity index (χ0v) is 9.86. The van der Waals surface area contributed by atoms with E-state index in [9.17, 15) is 4.79 Å². The maximum absolute atomic E-state index is 11.7. The monoisotopic (exact) mass is 254 g/mol. The number of rotatable bonds is 0. The van der Waals surface area contributed by atoms with Crippen molar-refractivity contribution in [3.8, 4) is 6.07 Å². The molecule has 2 heterocycles. The van der Waals surface area contributed by atoms with Crippen molar-refractivity contribution in [2.75, 3.05) is 5.73 Å². The summed E-state index contributed by atoms with van der Waals surface area (Å²) >= 11 is 1.22. The Morgan fingerprint density at radius 1 is 1.33 bits per heavy atom. The molecule has 5 nitrogen and oxygen atoms in total. The van der Waals surface area contributed by atoms with E-state index < -0.39 is 5.56 Å². The van der Waals surface area contributed by atoms with E-state index in [2.05, 4.69) is 16.0 Å². The van der Waals surface area contributed by atoms with Gasteiger partial charge in [-0.2, -0.15) is 10.2 Å². The zero-order valence-electron chi connectivity index (χ0n) is 9.04. The number of fused-ring (bicyclic) bond motifs is 3. The molecule has 0 bridgehead atoms. The lowest BCUT2D eigenvalue weighted by molar-refractivity contribution is 1.31. The highest BCUT2D eigenvalue weighted by Gasteiger charge is 2.09. The molecule has 0 unspecified atom stereocenters. The van der Waals surface area contributed by atoms with Crippen LogP contribution < -0.4 is 11.3 Å². The van der Waals surface area contributed by atoms with Gasteiger partial charge >= 0.3 is 0 Å². The van der Waals surface area contributed by atoms with Gasteiger partial charge in [0.1, 0.15) is 6.07 Å². The predicted molar refractivity (Wildman–Crippen MR) is 70.3 cm³/mol. The SMILES string of the molecule is N#Cc1cccc2c1ncc1c(=O)nc(N)sc12. The van der Waals surface area contributed by atoms with Crippen LogP contribution in [0, 0.1) is 11.3 Å². The third-order valence-corrected chi connectivity index (χ3v) is 3.56. The summed E-state index contributed by atoms with van der Waals surface area (Å²) in [7, 11) is 0. The minimum Gasteiger partial charge on any atom is -0.375 e. The molecule has 2 aromatic heterocycles. The summed E-state index contributed by atoms with van der Waals surface area (Å²) in [6, 6.07) is 7.35. The predicted octanol–water partition coefficient (Wildman–Crippen LogP) is 1.66. The molecular formula is C12H6N4OS. The molecule has 2 N–H and O–H groups in total. The fraction of sp³-hybridized carbons (Fsp3) is 0. The Hall–Kier alpha value is -2.52. The minimum atomic E-state index is -0.391. The van der Waals surface area contributed by atoms with E-state index in [1.165, 1.54) is 17.5 Å². The molecule has 0 fully saturated rings. The van der Waals surface area contributed by atoms with Crippen molar-refractivity contribution in [2.24, 2.45) is 0 Å². The molecule has 86 valence electrons. The van der Waals surface area contributed by atoms with Crippen LogP contribution in [-0.4, -0.2) is 9.97 Å². The Morgan fingerprint density at radius 2 is 2.17 bits per heavy atom. The van der Waals surface area contributed by atoms with E-state index in [0.717, 1.165) is 10.1 Å². The summed E-state index contributed by atoms with van der Waals surface area (Å²) in [5, 5.41) is 10.4. The maximum Gasteiger partial charge on any atom is 0.282 e. The van der Waals surface area contributed by atoms with Crippen molar-refractivity contribution in [3.05, 3.63) is 40.3 Å². The van der Waals surface area contributed by atoms with Gasteiger partial charge in [-0.3, -0.25) is 9.78 Å². The van der Waals surface area contributed by atoms with Crippen LogP contribution in [0.5, 0.6) is 0 Å². The van der Waals surface area contributed by atoms with E-state index in [1.807, 2.05) is 6.07 Å². The molecular weight excluding hydrogens is 248 g/mol. The van der Waals surface area contributed by atoms with Crippen molar-refractivity contribution < 1.29 is 0 Å². The molecule has 0 spiro atoms. The van der Waals surface area contributed by atoms with Gasteiger partial charge in [0.25, 0.3) is 5.56 Å². The van der Waals surface area contributed by atoms with Crippen LogP contribution in [0.1, 0.15) is 5.56 Å². The van der Waals surface area contributed by atoms with Gasteiger partial charge in [0.2, 0.25) is 0 Å². The van der Waals surface area contributed by atoms with E-state index in [1.54, 1.807) is 12.1 Å². The van der Waals surface area contributed by atoms with Crippen LogP contribution in [-0.2, 0) is 0 Å². The second kappa shape index (κ2) is 3.75. The molecule has 0 saturated heterocycles. The Bertz CT molecular complexity index is 879. The van der Waals surface area contributed by atoms with Gasteiger partial charge in [0.15, 0.2) is 5.13 Å². The lowest BCUT2D eigenvalue weighted by Gasteiger charge is -2.03. The first-order valence-corrected chi connectivity index (χ1v) is 5.90. The maximum atomic E-state index is 11.7. The molecule has 3 aromatic rings. The van der Waals surface area contributed by atoms with Gasteiger partial charge in [-0.1, -0.05) is 23.5 Å². The number of nitrogens with zero attached hydrogens (tertiary/aromatic N) is 3. The normalized spacial score (nSPS) is 10.6. The van der Waals surface area contributed by atoms with E-state index in [0.29, 0.717) is 16.5 Å². The van der Waals surface area contributed by atoms with Gasteiger partial charge in [-0.05, 0) is 6.07 Å². The smallest absolute Gasteiger partial charge is 0.282 e. The highest BCUT2D eigenvalue weighted by Crippen LogP contribution is 2.28. The van der Waals surface area contributed by atoms with Crippen LogP contribution in [0.25, 0.3) is 21.0 Å². The number of para-hydroxylation sites is 1. The topological polar surface area (TPSA) is 92.7 Å². The summed E-state index contributed by atoms with van der Waals surface area (Å²) in [6.07, 6.45) is 1.45. The molecule has 0 amide bonds. The van der Waals surface area contributed by atoms with Crippen LogP contribution >= 0.6 is 11.3 Å². The highest BCUT2D eigenvalue weighted by molar-refractivity contribution is 7.22. The first-order chi connectivity index (χ1) is 8.70. The number of anilines is 1. The van der Waals surface area contributed by atoms with Gasteiger partial charge in [0, 0.05) is 11.6 Å². The quantitative estimate of drug-likeness (QED) is 0.616. The van der Waals surface area contributed by atoms with Crippen molar-refractivity contribution in [3.63, 3.8) is 0 Å². The van der Waals surface area contributed by atoms with Crippen molar-refractivity contribution in [2.45, 2.75) is 0 Å². The lowest BCUT2D eigenvalue weighted by atomic mass is 10.1. The zero-order chi connectivity index (χ0) is 12.7. The Labute approximate surface area is 105 Å². The second-order valence-corrected chi connectivity index (χ2v) is 4.70. The van der Waals surface area contributed by atoms with Crippen LogP contribution in [0.2, 0.25) is 0 Å². The van der Waals surface area contributed by atoms with Crippen molar-refractivity contribution in [1.82, 2.24) is 9.97 Å². The Morgan fingerprint density at radius 3 is 2.94 bits per heavy atom. The third kappa shape index (κ3) is 1.42. The molecule has 6 heteroatoms. The molecule has 1 aromatic carbocycles. The first-order valence-electron chi connectivity index (χ1n) is 5.09. The Kier molecular flexibility index (Phi) is 2.21. The molecule has 0 atom stereocenters. The summed E-state index contributed by atoms with van der Waals surface area (Å²) in [5.41, 5.74) is 6.27. The number of nitriles is 1. The number of nitrogens with two attached hydrogens (primary N) is 1. The van der Waals surface area contributed by atoms with Crippen molar-refractivity contribution in [1.29, 1.82) is 5.26 Å². The average molecular weight is 254 g/mol. The average Bonchev–Trinajstić information content (AvgIpc) is 2.37. The summed E-state index contributed by atoms with van der Waals surface area (Å²) in [5.74, 6) is 0. The molecule has 0 aliphatic carbocycles. The fourth-order valence-corrected chi connectivity index (χ4v) is 2.70. The first kappa shape index (κ1) is 10.6. The molecule has 3 rings (SSSR count). The van der Waals surface area contributed by atoms with Crippen molar-refractivity contribution >= 4 is 37.5 Å². The molecule has 0 aliphatic heterocycles. The summed E-state index contributed by atoms with van der Waals surface area (Å²) in [6.45, 7) is 0. The third-order valence-electron chi connectivity index (χ3n) is 2.62. The van der Waals surface area contributed by atoms with Gasteiger partial charge in [-0.25, -0.2) is 0 Å². The second-order valence-electron chi connectivity index (χ2n) is 3.67. The van der Waals surface area contributed by atoms with Gasteiger partial charge < -0.3 is 5.73 Å². The van der Waals surface area contributed by atoms with Gasteiger partial charge in [-0.15, -0.1) is 0 Å². The van der Waals surface area contributed by atoms with E-state index in [-0.39, 0.29) is 5.13 Å². The molecule has 0 radical (unpaired) electrons. The number of hydrogen-bond donors (Lipinski definition) is 1. The fourth-order valence-electron chi connectivity index (χ4n) is 1.84. The lowest BCUT2D eigenvalue weighted by Crippen LogP contribution is -2.07. The van der Waals surface area contributed by atoms with Gasteiger partial charge in [0.05, 0.1) is 21.2 Å². The largest absolute Gasteiger partial charge is 0.375 e. The molecule has 18 heavy (non-hydrogen) atoms. The molecule has 0 saturated carbocycles. The van der Waals surface area contributed by atoms with Crippen LogP contribution in [0.3, 0.4) is 0 Å². The van der Waals surface area contributed by atoms with Crippen LogP contribution in [0.4, 0.5) is 5.13 Å². The number of hydrogen-bond acceptors (Lipinski definition) is 6. The summed E-state index contributed by atoms with van der Waals surface area (Å²) < 4.78 is 0.717. The molecule has 0 aliphatic rings. The number of pyridine rings is 1. The standard InChI is InChI=1S/C12H6N4OS/c13-4-6-2-1-3-7-9(6)15-5-8-10(7)18-12(14)16-11(8)17/h1-3,5H,(H2,14,16,17). The highest BCUT2D eigenvalue weighted by atomic mass is 32.1. The number of aromatic nitrogens is 2. The Balaban J connectivity index is 2.63. The summed E-state index contributed by atoms with van der Waals surface area (Å²) in [4.78, 5) is 19.6. The minimum absolute atomic E-state index is 0.211. The van der Waals surface area contributed by atoms with Crippen LogP contribution in [0.15, 0.2) is 29.2 Å². The number of nitrogen functional groups attached to an aromatic ring is 1. The van der Waals surface area contributed by atoms with E-state index >= 15 is 0 Å². The number of benzene rings is 1. The van der Waals surface area contributed by atoms with E-state index in [4.69, 9.17) is 11.0 Å².